The largest absolute Gasteiger partial charge is 0.351 e. The molecule has 2 rings (SSSR count). The normalized spacial score (nSPS) is 21.0. The van der Waals surface area contributed by atoms with E-state index in [2.05, 4.69) is 32.7 Å². The van der Waals surface area contributed by atoms with Gasteiger partial charge in [0.25, 0.3) is 0 Å². The van der Waals surface area contributed by atoms with Crippen LogP contribution in [0.2, 0.25) is 0 Å². The molecule has 2 nitrogen and oxygen atoms in total. The van der Waals surface area contributed by atoms with Crippen molar-refractivity contribution in [2.75, 3.05) is 11.4 Å². The average molecular weight is 273 g/mol. The lowest BCUT2D eigenvalue weighted by molar-refractivity contribution is 0.587. The number of hydrogen-bond acceptors (Lipinski definition) is 2. The molecule has 1 aliphatic rings. The predicted octanol–water partition coefficient (Wildman–Crippen LogP) is 3.36. The molecule has 1 aliphatic heterocycles. The number of halogens is 2. The van der Waals surface area contributed by atoms with Crippen LogP contribution >= 0.6 is 15.9 Å². The number of pyridine rings is 1. The zero-order valence-corrected chi connectivity index (χ0v) is 10.3. The van der Waals surface area contributed by atoms with Crippen LogP contribution in [-0.2, 0) is 0 Å². The predicted molar refractivity (Wildman–Crippen MR) is 62.6 cm³/mol. The van der Waals surface area contributed by atoms with Crippen molar-refractivity contribution < 1.29 is 4.39 Å². The molecule has 15 heavy (non-hydrogen) atoms. The second kappa shape index (κ2) is 4.47. The third-order valence-corrected chi connectivity index (χ3v) is 3.34. The molecule has 1 atom stereocenters. The van der Waals surface area contributed by atoms with Crippen LogP contribution in [0.25, 0.3) is 0 Å². The molecule has 0 saturated carbocycles. The molecule has 1 saturated heterocycles. The minimum absolute atomic E-state index is 0.232. The van der Waals surface area contributed by atoms with Gasteiger partial charge in [0.15, 0.2) is 11.6 Å². The highest BCUT2D eigenvalue weighted by molar-refractivity contribution is 9.10. The molecule has 0 amide bonds. The van der Waals surface area contributed by atoms with E-state index in [-0.39, 0.29) is 5.82 Å². The van der Waals surface area contributed by atoms with Crippen LogP contribution in [-0.4, -0.2) is 17.6 Å². The quantitative estimate of drug-likeness (QED) is 0.821. The first kappa shape index (κ1) is 10.9. The van der Waals surface area contributed by atoms with E-state index >= 15 is 0 Å². The summed E-state index contributed by atoms with van der Waals surface area (Å²) in [6.07, 6.45) is 4.99. The van der Waals surface area contributed by atoms with Gasteiger partial charge in [-0.15, -0.1) is 0 Å². The Balaban J connectivity index is 2.28. The Bertz CT molecular complexity index is 356. The van der Waals surface area contributed by atoms with Crippen molar-refractivity contribution in [3.05, 3.63) is 22.6 Å². The van der Waals surface area contributed by atoms with Crippen molar-refractivity contribution in [3.8, 4) is 0 Å². The summed E-state index contributed by atoms with van der Waals surface area (Å²) in [5.74, 6) is 0.271. The zero-order valence-electron chi connectivity index (χ0n) is 8.71. The van der Waals surface area contributed by atoms with E-state index < -0.39 is 0 Å². The number of rotatable bonds is 2. The summed E-state index contributed by atoms with van der Waals surface area (Å²) in [7, 11) is 0. The van der Waals surface area contributed by atoms with Gasteiger partial charge >= 0.3 is 0 Å². The Hall–Kier alpha value is -0.640. The monoisotopic (exact) mass is 272 g/mol. The molecular weight excluding hydrogens is 259 g/mol. The van der Waals surface area contributed by atoms with E-state index in [1.54, 1.807) is 6.20 Å². The summed E-state index contributed by atoms with van der Waals surface area (Å²) in [4.78, 5) is 6.25. The van der Waals surface area contributed by atoms with Crippen molar-refractivity contribution >= 4 is 21.7 Å². The van der Waals surface area contributed by atoms with Gasteiger partial charge in [0, 0.05) is 23.3 Å². The highest BCUT2D eigenvalue weighted by atomic mass is 79.9. The van der Waals surface area contributed by atoms with Crippen LogP contribution in [0.4, 0.5) is 10.2 Å². The zero-order chi connectivity index (χ0) is 10.8. The van der Waals surface area contributed by atoms with E-state index in [0.717, 1.165) is 25.8 Å². The molecule has 82 valence electrons. The maximum Gasteiger partial charge on any atom is 0.166 e. The van der Waals surface area contributed by atoms with Gasteiger partial charge in [-0.05, 0) is 41.3 Å². The molecule has 1 unspecified atom stereocenters. The third kappa shape index (κ3) is 2.14. The number of hydrogen-bond donors (Lipinski definition) is 0. The van der Waals surface area contributed by atoms with Crippen molar-refractivity contribution in [2.24, 2.45) is 0 Å². The fourth-order valence-electron chi connectivity index (χ4n) is 2.16. The summed E-state index contributed by atoms with van der Waals surface area (Å²) < 4.78 is 14.4. The Kier molecular flexibility index (Phi) is 3.24. The fourth-order valence-corrected chi connectivity index (χ4v) is 2.46. The molecule has 0 spiro atoms. The highest BCUT2D eigenvalue weighted by Crippen LogP contribution is 2.28. The standard InChI is InChI=1S/C11H14BrFN2/c1-2-9-4-3-5-15(9)11-10(13)6-8(12)7-14-11/h6-7,9H,2-5H2,1H3. The van der Waals surface area contributed by atoms with E-state index in [9.17, 15) is 4.39 Å². The van der Waals surface area contributed by atoms with E-state index in [1.807, 2.05) is 0 Å². The van der Waals surface area contributed by atoms with E-state index in [0.29, 0.717) is 16.3 Å². The highest BCUT2D eigenvalue weighted by Gasteiger charge is 2.26. The van der Waals surface area contributed by atoms with Gasteiger partial charge in [-0.2, -0.15) is 0 Å². The van der Waals surface area contributed by atoms with Crippen molar-refractivity contribution in [2.45, 2.75) is 32.2 Å². The lowest BCUT2D eigenvalue weighted by Gasteiger charge is -2.24. The first-order chi connectivity index (χ1) is 7.22. The van der Waals surface area contributed by atoms with Gasteiger partial charge in [0.1, 0.15) is 0 Å². The first-order valence-electron chi connectivity index (χ1n) is 5.30. The van der Waals surface area contributed by atoms with Crippen LogP contribution in [0.1, 0.15) is 26.2 Å². The summed E-state index contributed by atoms with van der Waals surface area (Å²) in [6, 6.07) is 1.93. The molecule has 0 radical (unpaired) electrons. The lowest BCUT2D eigenvalue weighted by atomic mass is 10.2. The second-order valence-corrected chi connectivity index (χ2v) is 4.77. The topological polar surface area (TPSA) is 16.1 Å². The van der Waals surface area contributed by atoms with Gasteiger partial charge in [0.05, 0.1) is 0 Å². The van der Waals surface area contributed by atoms with E-state index in [1.165, 1.54) is 6.07 Å². The summed E-state index contributed by atoms with van der Waals surface area (Å²) in [5, 5.41) is 0. The van der Waals surface area contributed by atoms with Crippen molar-refractivity contribution in [1.29, 1.82) is 0 Å². The van der Waals surface area contributed by atoms with Crippen molar-refractivity contribution in [3.63, 3.8) is 0 Å². The van der Waals surface area contributed by atoms with Crippen LogP contribution in [0, 0.1) is 5.82 Å². The fraction of sp³-hybridized carbons (Fsp3) is 0.545. The minimum atomic E-state index is -0.232. The van der Waals surface area contributed by atoms with Gasteiger partial charge in [0.2, 0.25) is 0 Å². The van der Waals surface area contributed by atoms with Gasteiger partial charge in [-0.3, -0.25) is 0 Å². The molecule has 0 N–H and O–H groups in total. The molecule has 0 aromatic carbocycles. The summed E-state index contributed by atoms with van der Waals surface area (Å²) >= 11 is 3.22. The van der Waals surface area contributed by atoms with Crippen LogP contribution < -0.4 is 4.90 Å². The minimum Gasteiger partial charge on any atom is -0.351 e. The number of anilines is 1. The Labute approximate surface area is 97.6 Å². The Morgan fingerprint density at radius 2 is 2.47 bits per heavy atom. The molecule has 1 fully saturated rings. The smallest absolute Gasteiger partial charge is 0.166 e. The maximum atomic E-state index is 13.7. The SMILES string of the molecule is CCC1CCCN1c1ncc(Br)cc1F. The second-order valence-electron chi connectivity index (χ2n) is 3.86. The van der Waals surface area contributed by atoms with Gasteiger partial charge in [-0.25, -0.2) is 9.37 Å². The molecule has 0 aliphatic carbocycles. The van der Waals surface area contributed by atoms with Gasteiger partial charge in [-0.1, -0.05) is 6.92 Å². The molecule has 0 bridgehead atoms. The van der Waals surface area contributed by atoms with Crippen LogP contribution in [0.15, 0.2) is 16.7 Å². The summed E-state index contributed by atoms with van der Waals surface area (Å²) in [5.41, 5.74) is 0. The van der Waals surface area contributed by atoms with E-state index in [4.69, 9.17) is 0 Å². The average Bonchev–Trinajstić information content (AvgIpc) is 2.65. The van der Waals surface area contributed by atoms with Crippen LogP contribution in [0.3, 0.4) is 0 Å². The Morgan fingerprint density at radius 1 is 1.67 bits per heavy atom. The molecule has 4 heteroatoms. The number of aromatic nitrogens is 1. The molecule has 2 heterocycles. The first-order valence-corrected chi connectivity index (χ1v) is 6.09. The maximum absolute atomic E-state index is 13.7. The van der Waals surface area contributed by atoms with Crippen molar-refractivity contribution in [1.82, 2.24) is 4.98 Å². The number of nitrogens with zero attached hydrogens (tertiary/aromatic N) is 2. The summed E-state index contributed by atoms with van der Waals surface area (Å²) in [6.45, 7) is 3.06. The Morgan fingerprint density at radius 3 is 3.13 bits per heavy atom. The third-order valence-electron chi connectivity index (χ3n) is 2.91. The van der Waals surface area contributed by atoms with Crippen LogP contribution in [0.5, 0.6) is 0 Å². The van der Waals surface area contributed by atoms with Gasteiger partial charge < -0.3 is 4.90 Å². The lowest BCUT2D eigenvalue weighted by Crippen LogP contribution is -2.30. The molecule has 1 aromatic heterocycles. The molecule has 1 aromatic rings. The molecular formula is C11H14BrFN2.